The zero-order valence-corrected chi connectivity index (χ0v) is 10.6. The lowest BCUT2D eigenvalue weighted by Crippen LogP contribution is -2.20. The van der Waals surface area contributed by atoms with E-state index in [1.807, 2.05) is 12.1 Å². The first-order valence-electron chi connectivity index (χ1n) is 5.75. The molecule has 1 heterocycles. The third kappa shape index (κ3) is 2.20. The standard InChI is InChI=1S/C15H12NOP/c1-3-7-13(8-4-1)18(15-16-11-12-17-15)14-9-5-2-6-10-14/h1-12H. The van der Waals surface area contributed by atoms with Crippen molar-refractivity contribution in [3.05, 3.63) is 73.1 Å². The Morgan fingerprint density at radius 3 is 1.78 bits per heavy atom. The highest BCUT2D eigenvalue weighted by Crippen LogP contribution is 2.31. The molecule has 0 spiro atoms. The summed E-state index contributed by atoms with van der Waals surface area (Å²) in [6.45, 7) is 0. The summed E-state index contributed by atoms with van der Waals surface area (Å²) in [6.07, 6.45) is 3.34. The lowest BCUT2D eigenvalue weighted by molar-refractivity contribution is 0.597. The molecule has 0 atom stereocenters. The first-order valence-corrected chi connectivity index (χ1v) is 7.09. The maximum Gasteiger partial charge on any atom is 0.224 e. The molecule has 0 radical (unpaired) electrons. The van der Waals surface area contributed by atoms with Crippen molar-refractivity contribution in [2.24, 2.45) is 0 Å². The number of benzene rings is 2. The minimum atomic E-state index is -0.687. The highest BCUT2D eigenvalue weighted by atomic mass is 31.1. The van der Waals surface area contributed by atoms with Crippen LogP contribution in [-0.4, -0.2) is 4.98 Å². The summed E-state index contributed by atoms with van der Waals surface area (Å²) < 4.78 is 5.52. The fourth-order valence-corrected chi connectivity index (χ4v) is 3.88. The summed E-state index contributed by atoms with van der Waals surface area (Å²) >= 11 is 0. The number of rotatable bonds is 3. The second kappa shape index (κ2) is 5.16. The molecule has 0 saturated heterocycles. The number of aromatic nitrogens is 1. The Morgan fingerprint density at radius 1 is 0.778 bits per heavy atom. The van der Waals surface area contributed by atoms with Gasteiger partial charge in [0.25, 0.3) is 0 Å². The highest BCUT2D eigenvalue weighted by Gasteiger charge is 2.19. The average molecular weight is 253 g/mol. The van der Waals surface area contributed by atoms with Gasteiger partial charge < -0.3 is 4.42 Å². The molecular weight excluding hydrogens is 241 g/mol. The molecule has 0 unspecified atom stereocenters. The topological polar surface area (TPSA) is 26.0 Å². The first-order chi connectivity index (χ1) is 8.95. The van der Waals surface area contributed by atoms with Gasteiger partial charge in [-0.05, 0) is 10.6 Å². The van der Waals surface area contributed by atoms with Gasteiger partial charge in [-0.2, -0.15) is 0 Å². The van der Waals surface area contributed by atoms with Gasteiger partial charge >= 0.3 is 0 Å². The molecule has 18 heavy (non-hydrogen) atoms. The molecule has 0 bridgehead atoms. The number of oxazole rings is 1. The van der Waals surface area contributed by atoms with Crippen LogP contribution in [-0.2, 0) is 0 Å². The predicted octanol–water partition coefficient (Wildman–Crippen LogP) is 2.43. The van der Waals surface area contributed by atoms with E-state index in [2.05, 4.69) is 53.5 Å². The van der Waals surface area contributed by atoms with Crippen molar-refractivity contribution < 1.29 is 4.42 Å². The lowest BCUT2D eigenvalue weighted by Gasteiger charge is -2.14. The van der Waals surface area contributed by atoms with Crippen molar-refractivity contribution in [1.29, 1.82) is 0 Å². The van der Waals surface area contributed by atoms with Crippen molar-refractivity contribution in [2.45, 2.75) is 0 Å². The van der Waals surface area contributed by atoms with E-state index in [0.29, 0.717) is 0 Å². The van der Waals surface area contributed by atoms with E-state index < -0.39 is 7.92 Å². The van der Waals surface area contributed by atoms with Crippen LogP contribution in [0.2, 0.25) is 0 Å². The molecular formula is C15H12NOP. The van der Waals surface area contributed by atoms with Crippen LogP contribution in [0.25, 0.3) is 0 Å². The van der Waals surface area contributed by atoms with Crippen LogP contribution in [0, 0.1) is 0 Å². The lowest BCUT2D eigenvalue weighted by atomic mass is 10.4. The van der Waals surface area contributed by atoms with Crippen molar-refractivity contribution in [1.82, 2.24) is 4.98 Å². The number of hydrogen-bond donors (Lipinski definition) is 0. The number of hydrogen-bond acceptors (Lipinski definition) is 2. The van der Waals surface area contributed by atoms with Crippen molar-refractivity contribution in [3.8, 4) is 0 Å². The van der Waals surface area contributed by atoms with E-state index in [1.165, 1.54) is 10.6 Å². The van der Waals surface area contributed by atoms with Crippen LogP contribution in [0.15, 0.2) is 77.5 Å². The van der Waals surface area contributed by atoms with Crippen molar-refractivity contribution >= 4 is 24.2 Å². The normalized spacial score (nSPS) is 10.7. The minimum absolute atomic E-state index is 0.687. The van der Waals surface area contributed by atoms with Gasteiger partial charge in [0.1, 0.15) is 6.26 Å². The SMILES string of the molecule is c1ccc(P(c2ccccc2)c2ncco2)cc1. The highest BCUT2D eigenvalue weighted by molar-refractivity contribution is 7.79. The van der Waals surface area contributed by atoms with Crippen LogP contribution in [0.4, 0.5) is 0 Å². The Labute approximate surface area is 107 Å². The second-order valence-electron chi connectivity index (χ2n) is 3.82. The van der Waals surface area contributed by atoms with E-state index in [0.717, 1.165) is 5.63 Å². The van der Waals surface area contributed by atoms with E-state index in [1.54, 1.807) is 12.5 Å². The van der Waals surface area contributed by atoms with Gasteiger partial charge in [0, 0.05) is 7.92 Å². The predicted molar refractivity (Wildman–Crippen MR) is 75.2 cm³/mol. The Morgan fingerprint density at radius 2 is 1.33 bits per heavy atom. The zero-order chi connectivity index (χ0) is 12.2. The van der Waals surface area contributed by atoms with Gasteiger partial charge in [-0.1, -0.05) is 60.7 Å². The Balaban J connectivity index is 2.11. The van der Waals surface area contributed by atoms with Crippen LogP contribution >= 0.6 is 7.92 Å². The van der Waals surface area contributed by atoms with E-state index in [4.69, 9.17) is 4.42 Å². The molecule has 2 aromatic carbocycles. The fourth-order valence-electron chi connectivity index (χ4n) is 1.85. The summed E-state index contributed by atoms with van der Waals surface area (Å²) in [4.78, 5) is 4.33. The Bertz CT molecular complexity index is 553. The van der Waals surface area contributed by atoms with Crippen LogP contribution in [0.3, 0.4) is 0 Å². The first kappa shape index (κ1) is 11.2. The molecule has 3 rings (SSSR count). The number of nitrogens with zero attached hydrogens (tertiary/aromatic N) is 1. The summed E-state index contributed by atoms with van der Waals surface area (Å²) in [5.74, 6) is 0. The molecule has 0 saturated carbocycles. The molecule has 0 aliphatic heterocycles. The third-order valence-electron chi connectivity index (χ3n) is 2.64. The molecule has 0 N–H and O–H groups in total. The third-order valence-corrected chi connectivity index (χ3v) is 4.87. The van der Waals surface area contributed by atoms with E-state index in [9.17, 15) is 0 Å². The molecule has 0 aliphatic carbocycles. The van der Waals surface area contributed by atoms with Gasteiger partial charge in [0.05, 0.1) is 6.20 Å². The molecule has 2 nitrogen and oxygen atoms in total. The fraction of sp³-hybridized carbons (Fsp3) is 0. The van der Waals surface area contributed by atoms with Gasteiger partial charge in [-0.25, -0.2) is 4.98 Å². The summed E-state index contributed by atoms with van der Waals surface area (Å²) in [5.41, 5.74) is 0.794. The quantitative estimate of drug-likeness (QED) is 0.670. The largest absolute Gasteiger partial charge is 0.444 e. The molecule has 1 aromatic heterocycles. The van der Waals surface area contributed by atoms with Crippen molar-refractivity contribution in [2.75, 3.05) is 0 Å². The zero-order valence-electron chi connectivity index (χ0n) is 9.73. The van der Waals surface area contributed by atoms with Crippen molar-refractivity contribution in [3.63, 3.8) is 0 Å². The van der Waals surface area contributed by atoms with Gasteiger partial charge in [0.2, 0.25) is 5.63 Å². The smallest absolute Gasteiger partial charge is 0.224 e. The Hall–Kier alpha value is -1.92. The van der Waals surface area contributed by atoms with Crippen LogP contribution in [0.1, 0.15) is 0 Å². The monoisotopic (exact) mass is 253 g/mol. The maximum atomic E-state index is 5.52. The molecule has 3 aromatic rings. The average Bonchev–Trinajstić information content (AvgIpc) is 2.95. The molecule has 0 fully saturated rings. The minimum Gasteiger partial charge on any atom is -0.444 e. The van der Waals surface area contributed by atoms with Crippen LogP contribution in [0.5, 0.6) is 0 Å². The summed E-state index contributed by atoms with van der Waals surface area (Å²) in [5, 5.41) is 2.50. The van der Waals surface area contributed by atoms with Gasteiger partial charge in [-0.15, -0.1) is 0 Å². The van der Waals surface area contributed by atoms with Crippen LogP contribution < -0.4 is 16.2 Å². The molecule has 3 heteroatoms. The van der Waals surface area contributed by atoms with E-state index >= 15 is 0 Å². The molecule has 0 amide bonds. The molecule has 88 valence electrons. The summed E-state index contributed by atoms with van der Waals surface area (Å²) in [6, 6.07) is 20.8. The second-order valence-corrected chi connectivity index (χ2v) is 5.91. The van der Waals surface area contributed by atoms with E-state index in [-0.39, 0.29) is 0 Å². The summed E-state index contributed by atoms with van der Waals surface area (Å²) in [7, 11) is -0.687. The van der Waals surface area contributed by atoms with Gasteiger partial charge in [0.15, 0.2) is 0 Å². The van der Waals surface area contributed by atoms with Gasteiger partial charge in [-0.3, -0.25) is 0 Å². The maximum absolute atomic E-state index is 5.52. The molecule has 0 aliphatic rings. The Kier molecular flexibility index (Phi) is 3.20.